The van der Waals surface area contributed by atoms with Crippen molar-refractivity contribution in [3.63, 3.8) is 0 Å². The molecule has 1 saturated heterocycles. The molecule has 0 aliphatic carbocycles. The van der Waals surface area contributed by atoms with Gasteiger partial charge >= 0.3 is 0 Å². The second-order valence-corrected chi connectivity index (χ2v) is 6.50. The maximum absolute atomic E-state index is 13.7. The van der Waals surface area contributed by atoms with Crippen LogP contribution in [-0.2, 0) is 0 Å². The van der Waals surface area contributed by atoms with Gasteiger partial charge in [-0.3, -0.25) is 4.79 Å². The number of pyridine rings is 1. The molecule has 29 heavy (non-hydrogen) atoms. The minimum atomic E-state index is -0.853. The Morgan fingerprint density at radius 3 is 2.28 bits per heavy atom. The molecule has 0 atom stereocenters. The van der Waals surface area contributed by atoms with Gasteiger partial charge in [-0.2, -0.15) is 0 Å². The highest BCUT2D eigenvalue weighted by atomic mass is 19.1. The molecule has 7 nitrogen and oxygen atoms in total. The highest BCUT2D eigenvalue weighted by molar-refractivity contribution is 6.02. The predicted molar refractivity (Wildman–Crippen MR) is 105 cm³/mol. The van der Waals surface area contributed by atoms with E-state index in [0.717, 1.165) is 44.1 Å². The topological polar surface area (TPSA) is 74.2 Å². The summed E-state index contributed by atoms with van der Waals surface area (Å²) in [4.78, 5) is 29.3. The lowest BCUT2D eigenvalue weighted by Crippen LogP contribution is -2.47. The SMILES string of the molecule is O=C(Nc1ccc(F)cc1F)c1cnc(N2CCN(c3ccccn3)CC2)cn1. The smallest absolute Gasteiger partial charge is 0.275 e. The molecule has 3 heterocycles. The number of anilines is 3. The van der Waals surface area contributed by atoms with Gasteiger partial charge in [-0.1, -0.05) is 6.07 Å². The van der Waals surface area contributed by atoms with Crippen LogP contribution in [0.4, 0.5) is 26.1 Å². The van der Waals surface area contributed by atoms with Crippen LogP contribution in [0.25, 0.3) is 0 Å². The number of amides is 1. The van der Waals surface area contributed by atoms with Gasteiger partial charge < -0.3 is 15.1 Å². The largest absolute Gasteiger partial charge is 0.353 e. The zero-order valence-corrected chi connectivity index (χ0v) is 15.4. The molecule has 1 fully saturated rings. The van der Waals surface area contributed by atoms with Crippen LogP contribution in [0.5, 0.6) is 0 Å². The summed E-state index contributed by atoms with van der Waals surface area (Å²) in [5.74, 6) is -0.579. The normalized spacial score (nSPS) is 14.0. The monoisotopic (exact) mass is 396 g/mol. The zero-order chi connectivity index (χ0) is 20.2. The number of hydrogen-bond acceptors (Lipinski definition) is 6. The molecule has 2 aromatic heterocycles. The van der Waals surface area contributed by atoms with Crippen molar-refractivity contribution in [2.24, 2.45) is 0 Å². The summed E-state index contributed by atoms with van der Waals surface area (Å²) in [6, 6.07) is 8.75. The lowest BCUT2D eigenvalue weighted by atomic mass is 10.3. The quantitative estimate of drug-likeness (QED) is 0.731. The molecule has 3 aromatic rings. The van der Waals surface area contributed by atoms with Crippen LogP contribution in [0.3, 0.4) is 0 Å². The summed E-state index contributed by atoms with van der Waals surface area (Å²) in [7, 11) is 0. The molecule has 148 valence electrons. The molecular weight excluding hydrogens is 378 g/mol. The van der Waals surface area contributed by atoms with Gasteiger partial charge in [-0.05, 0) is 24.3 Å². The third-order valence-electron chi connectivity index (χ3n) is 4.63. The lowest BCUT2D eigenvalue weighted by molar-refractivity contribution is 0.102. The van der Waals surface area contributed by atoms with E-state index in [0.29, 0.717) is 11.9 Å². The molecular formula is C20H18F2N6O. The zero-order valence-electron chi connectivity index (χ0n) is 15.4. The third-order valence-corrected chi connectivity index (χ3v) is 4.63. The van der Waals surface area contributed by atoms with Crippen molar-refractivity contribution in [1.82, 2.24) is 15.0 Å². The summed E-state index contributed by atoms with van der Waals surface area (Å²) >= 11 is 0. The Balaban J connectivity index is 1.37. The van der Waals surface area contributed by atoms with Gasteiger partial charge in [0, 0.05) is 38.4 Å². The summed E-state index contributed by atoms with van der Waals surface area (Å²) in [5.41, 5.74) is -0.0717. The Morgan fingerprint density at radius 2 is 1.66 bits per heavy atom. The Kier molecular flexibility index (Phi) is 5.28. The van der Waals surface area contributed by atoms with Gasteiger partial charge in [0.05, 0.1) is 18.1 Å². The van der Waals surface area contributed by atoms with Gasteiger partial charge in [0.2, 0.25) is 0 Å². The fourth-order valence-corrected chi connectivity index (χ4v) is 3.08. The maximum atomic E-state index is 13.7. The number of carbonyl (C=O) groups excluding carboxylic acids is 1. The maximum Gasteiger partial charge on any atom is 0.275 e. The number of rotatable bonds is 4. The van der Waals surface area contributed by atoms with Crippen LogP contribution >= 0.6 is 0 Å². The van der Waals surface area contributed by atoms with Crippen molar-refractivity contribution < 1.29 is 13.6 Å². The van der Waals surface area contributed by atoms with Crippen molar-refractivity contribution >= 4 is 23.2 Å². The Hall–Kier alpha value is -3.62. The summed E-state index contributed by atoms with van der Waals surface area (Å²) in [6.07, 6.45) is 4.64. The van der Waals surface area contributed by atoms with E-state index in [1.807, 2.05) is 18.2 Å². The molecule has 1 aromatic carbocycles. The van der Waals surface area contributed by atoms with Crippen LogP contribution < -0.4 is 15.1 Å². The molecule has 4 rings (SSSR count). The average molecular weight is 396 g/mol. The van der Waals surface area contributed by atoms with Crippen LogP contribution in [0, 0.1) is 11.6 Å². The van der Waals surface area contributed by atoms with Crippen molar-refractivity contribution in [2.75, 3.05) is 41.3 Å². The van der Waals surface area contributed by atoms with Crippen LogP contribution in [-0.4, -0.2) is 47.0 Å². The highest BCUT2D eigenvalue weighted by Crippen LogP contribution is 2.18. The minimum absolute atomic E-state index is 0.0459. The van der Waals surface area contributed by atoms with E-state index in [4.69, 9.17) is 0 Å². The number of nitrogens with one attached hydrogen (secondary N) is 1. The van der Waals surface area contributed by atoms with E-state index in [1.54, 1.807) is 6.20 Å². The van der Waals surface area contributed by atoms with E-state index in [2.05, 4.69) is 30.1 Å². The molecule has 0 bridgehead atoms. The summed E-state index contributed by atoms with van der Waals surface area (Å²) in [5, 5.41) is 2.37. The number of benzene rings is 1. The van der Waals surface area contributed by atoms with Gasteiger partial charge in [0.25, 0.3) is 5.91 Å². The van der Waals surface area contributed by atoms with E-state index >= 15 is 0 Å². The van der Waals surface area contributed by atoms with Crippen molar-refractivity contribution in [1.29, 1.82) is 0 Å². The number of nitrogens with zero attached hydrogens (tertiary/aromatic N) is 5. The van der Waals surface area contributed by atoms with Crippen LogP contribution in [0.15, 0.2) is 55.0 Å². The Labute approximate surface area is 166 Å². The summed E-state index contributed by atoms with van der Waals surface area (Å²) in [6.45, 7) is 3.09. The first-order chi connectivity index (χ1) is 14.1. The molecule has 1 aliphatic rings. The Bertz CT molecular complexity index is 992. The summed E-state index contributed by atoms with van der Waals surface area (Å²) < 4.78 is 26.6. The minimum Gasteiger partial charge on any atom is -0.353 e. The number of carbonyl (C=O) groups is 1. The van der Waals surface area contributed by atoms with E-state index in [-0.39, 0.29) is 11.4 Å². The molecule has 9 heteroatoms. The van der Waals surface area contributed by atoms with E-state index < -0.39 is 17.5 Å². The molecule has 1 amide bonds. The number of halogens is 2. The predicted octanol–water partition coefficient (Wildman–Crippen LogP) is 2.73. The van der Waals surface area contributed by atoms with Crippen molar-refractivity contribution in [3.8, 4) is 0 Å². The second kappa shape index (κ2) is 8.17. The number of hydrogen-bond donors (Lipinski definition) is 1. The fourth-order valence-electron chi connectivity index (χ4n) is 3.08. The molecule has 0 radical (unpaired) electrons. The number of piperazine rings is 1. The first-order valence-electron chi connectivity index (χ1n) is 9.09. The highest BCUT2D eigenvalue weighted by Gasteiger charge is 2.20. The molecule has 0 saturated carbocycles. The molecule has 1 aliphatic heterocycles. The average Bonchev–Trinajstić information content (AvgIpc) is 2.76. The molecule has 1 N–H and O–H groups in total. The molecule has 0 spiro atoms. The van der Waals surface area contributed by atoms with Crippen molar-refractivity contribution in [2.45, 2.75) is 0 Å². The van der Waals surface area contributed by atoms with E-state index in [9.17, 15) is 13.6 Å². The number of aromatic nitrogens is 3. The fraction of sp³-hybridized carbons (Fsp3) is 0.200. The molecule has 0 unspecified atom stereocenters. The first kappa shape index (κ1) is 18.7. The van der Waals surface area contributed by atoms with E-state index in [1.165, 1.54) is 12.4 Å². The third kappa shape index (κ3) is 4.29. The van der Waals surface area contributed by atoms with Crippen LogP contribution in [0.2, 0.25) is 0 Å². The van der Waals surface area contributed by atoms with Gasteiger partial charge in [0.15, 0.2) is 0 Å². The lowest BCUT2D eigenvalue weighted by Gasteiger charge is -2.35. The Morgan fingerprint density at radius 1 is 0.897 bits per heavy atom. The van der Waals surface area contributed by atoms with Gasteiger partial charge in [-0.15, -0.1) is 0 Å². The first-order valence-corrected chi connectivity index (χ1v) is 9.09. The van der Waals surface area contributed by atoms with Crippen LogP contribution in [0.1, 0.15) is 10.5 Å². The second-order valence-electron chi connectivity index (χ2n) is 6.50. The van der Waals surface area contributed by atoms with Gasteiger partial charge in [0.1, 0.15) is 29.0 Å². The standard InChI is InChI=1S/C20H18F2N6O/c21-14-4-5-16(15(22)11-14)26-20(29)17-12-25-19(13-24-17)28-9-7-27(8-10-28)18-3-1-2-6-23-18/h1-6,11-13H,7-10H2,(H,26,29). The van der Waals surface area contributed by atoms with Gasteiger partial charge in [-0.25, -0.2) is 23.7 Å². The van der Waals surface area contributed by atoms with Crippen molar-refractivity contribution in [3.05, 3.63) is 72.3 Å².